The van der Waals surface area contributed by atoms with E-state index in [1.165, 1.54) is 18.5 Å². The van der Waals surface area contributed by atoms with Gasteiger partial charge in [0.25, 0.3) is 0 Å². The third-order valence-electron chi connectivity index (χ3n) is 4.24. The van der Waals surface area contributed by atoms with Gasteiger partial charge in [-0.2, -0.15) is 5.10 Å². The van der Waals surface area contributed by atoms with Crippen LogP contribution in [0.1, 0.15) is 46.6 Å². The van der Waals surface area contributed by atoms with E-state index in [4.69, 9.17) is 0 Å². The Bertz CT molecular complexity index is 385. The van der Waals surface area contributed by atoms with Crippen LogP contribution >= 0.6 is 0 Å². The number of hydrogen-bond acceptors (Lipinski definition) is 3. The predicted molar refractivity (Wildman–Crippen MR) is 80.7 cm³/mol. The fraction of sp³-hybridized carbons (Fsp3) is 0.800. The van der Waals surface area contributed by atoms with Crippen molar-refractivity contribution < 1.29 is 0 Å². The van der Waals surface area contributed by atoms with Crippen molar-refractivity contribution in [2.45, 2.75) is 52.6 Å². The Hall–Kier alpha value is -1.03. The lowest BCUT2D eigenvalue weighted by Crippen LogP contribution is -2.42. The molecule has 1 aliphatic rings. The van der Waals surface area contributed by atoms with Gasteiger partial charge in [0.2, 0.25) is 0 Å². The first-order chi connectivity index (χ1) is 9.11. The Kier molecular flexibility index (Phi) is 4.86. The molecular weight excluding hydrogens is 236 g/mol. The van der Waals surface area contributed by atoms with Crippen LogP contribution in [0.5, 0.6) is 0 Å². The topological polar surface area (TPSA) is 33.1 Å². The lowest BCUT2D eigenvalue weighted by atomic mass is 9.99. The van der Waals surface area contributed by atoms with E-state index in [-0.39, 0.29) is 0 Å². The van der Waals surface area contributed by atoms with Gasteiger partial charge < -0.3 is 10.2 Å². The summed E-state index contributed by atoms with van der Waals surface area (Å²) in [6, 6.07) is 1.03. The molecule has 2 atom stereocenters. The summed E-state index contributed by atoms with van der Waals surface area (Å²) in [5.41, 5.74) is 1.27. The summed E-state index contributed by atoms with van der Waals surface area (Å²) >= 11 is 0. The fourth-order valence-electron chi connectivity index (χ4n) is 2.62. The van der Waals surface area contributed by atoms with Crippen molar-refractivity contribution in [2.24, 2.45) is 5.92 Å². The van der Waals surface area contributed by atoms with Crippen LogP contribution in [0.4, 0.5) is 5.69 Å². The molecular formula is C15H28N4. The zero-order valence-electron chi connectivity index (χ0n) is 12.8. The van der Waals surface area contributed by atoms with E-state index >= 15 is 0 Å². The highest BCUT2D eigenvalue weighted by molar-refractivity contribution is 5.42. The summed E-state index contributed by atoms with van der Waals surface area (Å²) in [5, 5.41) is 8.16. The monoisotopic (exact) mass is 264 g/mol. The van der Waals surface area contributed by atoms with Gasteiger partial charge in [-0.15, -0.1) is 0 Å². The first-order valence-electron chi connectivity index (χ1n) is 7.64. The molecule has 0 aromatic carbocycles. The van der Waals surface area contributed by atoms with Crippen LogP contribution in [0.2, 0.25) is 0 Å². The molecule has 0 radical (unpaired) electrons. The van der Waals surface area contributed by atoms with Crippen molar-refractivity contribution in [3.8, 4) is 0 Å². The molecule has 2 rings (SSSR count). The van der Waals surface area contributed by atoms with Crippen molar-refractivity contribution in [3.63, 3.8) is 0 Å². The molecule has 0 saturated carbocycles. The maximum Gasteiger partial charge on any atom is 0.0753 e. The van der Waals surface area contributed by atoms with Gasteiger partial charge in [0.1, 0.15) is 0 Å². The van der Waals surface area contributed by atoms with Crippen LogP contribution in [0.3, 0.4) is 0 Å². The second-order valence-corrected chi connectivity index (χ2v) is 6.02. The van der Waals surface area contributed by atoms with Gasteiger partial charge in [-0.3, -0.25) is 4.68 Å². The highest BCUT2D eigenvalue weighted by Crippen LogP contribution is 2.20. The zero-order valence-corrected chi connectivity index (χ0v) is 12.8. The van der Waals surface area contributed by atoms with E-state index in [1.54, 1.807) is 0 Å². The maximum absolute atomic E-state index is 4.47. The van der Waals surface area contributed by atoms with E-state index in [1.807, 2.05) is 10.9 Å². The second-order valence-electron chi connectivity index (χ2n) is 6.02. The molecule has 4 heteroatoms. The van der Waals surface area contributed by atoms with E-state index < -0.39 is 0 Å². The molecule has 1 aliphatic heterocycles. The molecule has 2 unspecified atom stereocenters. The first kappa shape index (κ1) is 14.4. The Morgan fingerprint density at radius 1 is 1.42 bits per heavy atom. The van der Waals surface area contributed by atoms with Gasteiger partial charge in [-0.05, 0) is 32.7 Å². The summed E-state index contributed by atoms with van der Waals surface area (Å²) in [6.45, 7) is 12.3. The summed E-state index contributed by atoms with van der Waals surface area (Å²) < 4.78 is 2.05. The van der Waals surface area contributed by atoms with Crippen molar-refractivity contribution in [3.05, 3.63) is 12.4 Å². The van der Waals surface area contributed by atoms with E-state index in [2.05, 4.69) is 49.2 Å². The predicted octanol–water partition coefficient (Wildman–Crippen LogP) is 2.68. The minimum absolute atomic E-state index is 0.434. The number of anilines is 1. The quantitative estimate of drug-likeness (QED) is 0.907. The summed E-state index contributed by atoms with van der Waals surface area (Å²) in [7, 11) is 0. The first-order valence-corrected chi connectivity index (χ1v) is 7.64. The molecule has 2 heterocycles. The largest absolute Gasteiger partial charge is 0.367 e. The third-order valence-corrected chi connectivity index (χ3v) is 4.24. The Labute approximate surface area is 117 Å². The Balaban J connectivity index is 2.08. The van der Waals surface area contributed by atoms with Crippen LogP contribution in [0, 0.1) is 5.92 Å². The molecule has 0 aliphatic carbocycles. The summed E-state index contributed by atoms with van der Waals surface area (Å²) in [5.74, 6) is 0.723. The maximum atomic E-state index is 4.47. The third kappa shape index (κ3) is 3.50. The highest BCUT2D eigenvalue weighted by atomic mass is 15.3. The SMILES string of the molecule is CCC(C)C1CN(c2cnn(C(C)C)c2)CCCN1. The smallest absolute Gasteiger partial charge is 0.0753 e. The minimum atomic E-state index is 0.434. The lowest BCUT2D eigenvalue weighted by molar-refractivity contribution is 0.384. The molecule has 0 amide bonds. The van der Waals surface area contributed by atoms with Crippen molar-refractivity contribution in [2.75, 3.05) is 24.5 Å². The molecule has 0 bridgehead atoms. The number of nitrogens with one attached hydrogen (secondary N) is 1. The van der Waals surface area contributed by atoms with Crippen LogP contribution in [0.25, 0.3) is 0 Å². The second kappa shape index (κ2) is 6.42. The van der Waals surface area contributed by atoms with Gasteiger partial charge in [-0.25, -0.2) is 0 Å². The standard InChI is InChI=1S/C15H28N4/c1-5-13(4)15-11-18(8-6-7-16-15)14-9-17-19(10-14)12(2)3/h9-10,12-13,15-16H,5-8,11H2,1-4H3. The van der Waals surface area contributed by atoms with Gasteiger partial charge in [-0.1, -0.05) is 20.3 Å². The molecule has 1 fully saturated rings. The van der Waals surface area contributed by atoms with Crippen molar-refractivity contribution >= 4 is 5.69 Å². The molecule has 1 aromatic heterocycles. The number of rotatable bonds is 4. The van der Waals surface area contributed by atoms with Crippen molar-refractivity contribution in [1.82, 2.24) is 15.1 Å². The summed E-state index contributed by atoms with van der Waals surface area (Å²) in [4.78, 5) is 2.49. The van der Waals surface area contributed by atoms with Crippen molar-refractivity contribution in [1.29, 1.82) is 0 Å². The average molecular weight is 264 g/mol. The number of nitrogens with zero attached hydrogens (tertiary/aromatic N) is 3. The average Bonchev–Trinajstić information content (AvgIpc) is 2.77. The van der Waals surface area contributed by atoms with Gasteiger partial charge in [0.05, 0.1) is 11.9 Å². The molecule has 108 valence electrons. The van der Waals surface area contributed by atoms with E-state index in [9.17, 15) is 0 Å². The minimum Gasteiger partial charge on any atom is -0.367 e. The number of aromatic nitrogens is 2. The van der Waals surface area contributed by atoms with Crippen LogP contribution < -0.4 is 10.2 Å². The van der Waals surface area contributed by atoms with E-state index in [0.29, 0.717) is 12.1 Å². The van der Waals surface area contributed by atoms with E-state index in [0.717, 1.165) is 25.6 Å². The van der Waals surface area contributed by atoms with Crippen LogP contribution in [-0.4, -0.2) is 35.5 Å². The molecule has 1 N–H and O–H groups in total. The molecule has 1 aromatic rings. The number of hydrogen-bond donors (Lipinski definition) is 1. The van der Waals surface area contributed by atoms with Crippen LogP contribution in [0.15, 0.2) is 12.4 Å². The highest BCUT2D eigenvalue weighted by Gasteiger charge is 2.22. The molecule has 1 saturated heterocycles. The Morgan fingerprint density at radius 3 is 2.84 bits per heavy atom. The van der Waals surface area contributed by atoms with Crippen LogP contribution in [-0.2, 0) is 0 Å². The zero-order chi connectivity index (χ0) is 13.8. The molecule has 19 heavy (non-hydrogen) atoms. The van der Waals surface area contributed by atoms with Gasteiger partial charge in [0, 0.05) is 31.4 Å². The van der Waals surface area contributed by atoms with Gasteiger partial charge in [0.15, 0.2) is 0 Å². The fourth-order valence-corrected chi connectivity index (χ4v) is 2.62. The molecule has 4 nitrogen and oxygen atoms in total. The normalized spacial score (nSPS) is 22.6. The lowest BCUT2D eigenvalue weighted by Gasteiger charge is -2.28. The summed E-state index contributed by atoms with van der Waals surface area (Å²) in [6.07, 6.45) is 6.64. The Morgan fingerprint density at radius 2 is 2.21 bits per heavy atom. The molecule has 0 spiro atoms. The van der Waals surface area contributed by atoms with Gasteiger partial charge >= 0.3 is 0 Å².